The summed E-state index contributed by atoms with van der Waals surface area (Å²) >= 11 is 0. The first-order chi connectivity index (χ1) is 17.4. The van der Waals surface area contributed by atoms with Crippen molar-refractivity contribution in [3.63, 3.8) is 0 Å². The number of rotatable bonds is 4. The van der Waals surface area contributed by atoms with Crippen LogP contribution in [0, 0.1) is 24.2 Å². The van der Waals surface area contributed by atoms with E-state index in [1.807, 2.05) is 0 Å². The number of aliphatic hydroxyl groups is 3. The Labute approximate surface area is 211 Å². The second-order valence-electron chi connectivity index (χ2n) is 9.36. The Bertz CT molecular complexity index is 1350. The molecule has 12 heteroatoms. The molecule has 0 spiro atoms. The van der Waals surface area contributed by atoms with Crippen LogP contribution in [-0.4, -0.2) is 81.2 Å². The summed E-state index contributed by atoms with van der Waals surface area (Å²) in [4.78, 5) is 52.1. The summed E-state index contributed by atoms with van der Waals surface area (Å²) in [5, 5.41) is 46.6. The Morgan fingerprint density at radius 1 is 1.27 bits per heavy atom. The minimum Gasteiger partial charge on any atom is -0.508 e. The maximum absolute atomic E-state index is 13.7. The molecule has 1 aromatic carbocycles. The van der Waals surface area contributed by atoms with Crippen molar-refractivity contribution in [1.82, 2.24) is 4.90 Å². The van der Waals surface area contributed by atoms with E-state index < -0.39 is 69.9 Å². The van der Waals surface area contributed by atoms with Crippen molar-refractivity contribution in [1.29, 1.82) is 0 Å². The van der Waals surface area contributed by atoms with Gasteiger partial charge < -0.3 is 30.9 Å². The molecule has 0 radical (unpaired) electrons. The van der Waals surface area contributed by atoms with E-state index >= 15 is 0 Å². The average molecular weight is 511 g/mol. The highest BCUT2D eigenvalue weighted by Gasteiger charge is 2.64. The van der Waals surface area contributed by atoms with Crippen molar-refractivity contribution in [2.75, 3.05) is 26.0 Å². The van der Waals surface area contributed by atoms with Crippen LogP contribution in [0.2, 0.25) is 0 Å². The molecule has 7 N–H and O–H groups in total. The van der Waals surface area contributed by atoms with Crippen molar-refractivity contribution >= 4 is 35.0 Å². The highest BCUT2D eigenvalue weighted by Crippen LogP contribution is 2.53. The zero-order valence-corrected chi connectivity index (χ0v) is 19.9. The van der Waals surface area contributed by atoms with Crippen LogP contribution in [0.25, 0.3) is 5.76 Å². The summed E-state index contributed by atoms with van der Waals surface area (Å²) in [7, 11) is 3.04. The molecule has 0 unspecified atom stereocenters. The largest absolute Gasteiger partial charge is 0.508 e. The lowest BCUT2D eigenvalue weighted by molar-refractivity contribution is -0.153. The molecule has 3 aliphatic rings. The van der Waals surface area contributed by atoms with Gasteiger partial charge in [-0.25, -0.2) is 4.79 Å². The Kier molecular flexibility index (Phi) is 6.23. The van der Waals surface area contributed by atoms with Gasteiger partial charge in [0.15, 0.2) is 18.0 Å². The quantitative estimate of drug-likeness (QED) is 0.184. The minimum absolute atomic E-state index is 0.0229. The molecule has 3 aliphatic carbocycles. The summed E-state index contributed by atoms with van der Waals surface area (Å²) in [5.74, 6) is -5.41. The van der Waals surface area contributed by atoms with Crippen LogP contribution in [0.1, 0.15) is 17.5 Å². The molecular weight excluding hydrogens is 486 g/mol. The van der Waals surface area contributed by atoms with Gasteiger partial charge >= 0.3 is 6.09 Å². The van der Waals surface area contributed by atoms with Gasteiger partial charge in [0.05, 0.1) is 17.3 Å². The number of fused-ring (bicyclic) bond motifs is 3. The summed E-state index contributed by atoms with van der Waals surface area (Å²) in [6.07, 6.45) is 4.19. The number of phenolic OH excluding ortho intramolecular Hbond substituents is 1. The first-order valence-electron chi connectivity index (χ1n) is 11.2. The van der Waals surface area contributed by atoms with Gasteiger partial charge in [-0.3, -0.25) is 24.6 Å². The first kappa shape index (κ1) is 25.7. The minimum atomic E-state index is -2.73. The highest BCUT2D eigenvalue weighted by atomic mass is 16.5. The summed E-state index contributed by atoms with van der Waals surface area (Å²) < 4.78 is 4.71. The molecule has 0 bridgehead atoms. The number of benzene rings is 1. The van der Waals surface area contributed by atoms with Gasteiger partial charge in [0.1, 0.15) is 22.8 Å². The number of anilines is 1. The normalized spacial score (nSPS) is 26.7. The fraction of sp³-hybridized carbons (Fsp3) is 0.360. The average Bonchev–Trinajstić information content (AvgIpc) is 2.81. The molecule has 2 amide bonds. The monoisotopic (exact) mass is 511 g/mol. The Hall–Kier alpha value is -4.34. The predicted molar refractivity (Wildman–Crippen MR) is 128 cm³/mol. The molecule has 4 rings (SSSR count). The molecule has 1 aromatic rings. The van der Waals surface area contributed by atoms with Crippen molar-refractivity contribution in [3.8, 4) is 18.1 Å². The number of terminal acetylenes is 1. The van der Waals surface area contributed by atoms with E-state index in [1.165, 1.54) is 31.1 Å². The van der Waals surface area contributed by atoms with Gasteiger partial charge in [0.25, 0.3) is 5.91 Å². The third-order valence-electron chi connectivity index (χ3n) is 7.12. The van der Waals surface area contributed by atoms with E-state index in [4.69, 9.17) is 16.9 Å². The number of Topliss-reactive ketones (excluding diaryl/α,β-unsaturated/α-hetero) is 2. The fourth-order valence-corrected chi connectivity index (χ4v) is 5.57. The summed E-state index contributed by atoms with van der Waals surface area (Å²) in [6, 6.07) is 1.75. The summed E-state index contributed by atoms with van der Waals surface area (Å²) in [5.41, 5.74) is 1.52. The molecule has 0 heterocycles. The molecular formula is C25H25N3O9. The lowest BCUT2D eigenvalue weighted by atomic mass is 9.57. The Morgan fingerprint density at radius 2 is 1.95 bits per heavy atom. The van der Waals surface area contributed by atoms with Crippen molar-refractivity contribution < 1.29 is 44.3 Å². The zero-order chi connectivity index (χ0) is 27.4. The van der Waals surface area contributed by atoms with E-state index in [9.17, 15) is 39.6 Å². The Balaban J connectivity index is 1.85. The number of hydrogen-bond acceptors (Lipinski definition) is 10. The van der Waals surface area contributed by atoms with Crippen molar-refractivity contribution in [2.24, 2.45) is 17.6 Å². The molecule has 0 saturated heterocycles. The topological polar surface area (TPSA) is 200 Å². The smallest absolute Gasteiger partial charge is 0.412 e. The van der Waals surface area contributed by atoms with Gasteiger partial charge in [0, 0.05) is 11.5 Å². The number of primary amides is 1. The van der Waals surface area contributed by atoms with Crippen LogP contribution in [0.4, 0.5) is 10.5 Å². The SMILES string of the molecule is C#CCOC(=O)Nc1ccc2c(c1O)C(O)=C1C(=O)[C@]3(O)C(O)=C(C(N)=O)C(=O)[C@@H](N(C)C)[C@@H]3C[C@H]1C2. The number of aromatic hydroxyl groups is 1. The van der Waals surface area contributed by atoms with Gasteiger partial charge in [-0.05, 0) is 44.5 Å². The fourth-order valence-electron chi connectivity index (χ4n) is 5.57. The van der Waals surface area contributed by atoms with E-state index in [-0.39, 0.29) is 36.3 Å². The van der Waals surface area contributed by atoms with Crippen LogP contribution in [0.3, 0.4) is 0 Å². The van der Waals surface area contributed by atoms with Gasteiger partial charge in [0.2, 0.25) is 5.78 Å². The Morgan fingerprint density at radius 3 is 2.54 bits per heavy atom. The molecule has 12 nitrogen and oxygen atoms in total. The van der Waals surface area contributed by atoms with Crippen LogP contribution in [0.5, 0.6) is 5.75 Å². The number of phenols is 1. The van der Waals surface area contributed by atoms with Gasteiger partial charge in [-0.2, -0.15) is 0 Å². The molecule has 1 saturated carbocycles. The number of carbonyl (C=O) groups is 4. The number of nitrogens with zero attached hydrogens (tertiary/aromatic N) is 1. The number of aliphatic hydroxyl groups excluding tert-OH is 2. The lowest BCUT2D eigenvalue weighted by Gasteiger charge is -2.50. The first-order valence-corrected chi connectivity index (χ1v) is 11.2. The third-order valence-corrected chi connectivity index (χ3v) is 7.12. The summed E-state index contributed by atoms with van der Waals surface area (Å²) in [6.45, 7) is -0.316. The molecule has 37 heavy (non-hydrogen) atoms. The number of ether oxygens (including phenoxy) is 1. The lowest BCUT2D eigenvalue weighted by Crippen LogP contribution is -2.65. The van der Waals surface area contributed by atoms with Crippen LogP contribution in [0.15, 0.2) is 29.0 Å². The van der Waals surface area contributed by atoms with Gasteiger partial charge in [-0.1, -0.05) is 12.0 Å². The van der Waals surface area contributed by atoms with E-state index in [2.05, 4.69) is 11.2 Å². The number of carbonyl (C=O) groups excluding carboxylic acids is 4. The number of likely N-dealkylation sites (N-methyl/N-ethyl adjacent to an activating group) is 1. The number of nitrogens with two attached hydrogens (primary N) is 1. The number of nitrogens with one attached hydrogen (secondary N) is 1. The molecule has 4 atom stereocenters. The second kappa shape index (κ2) is 8.95. The van der Waals surface area contributed by atoms with E-state index in [0.29, 0.717) is 5.56 Å². The molecule has 1 fully saturated rings. The standard InChI is InChI=1S/C25H25N3O9/c1-4-7-37-24(35)27-13-6-5-10-8-11-9-12-17(28(2)3)20(31)16(23(26)34)22(33)25(12,36)21(32)15(11)19(30)14(10)18(13)29/h1,5-6,11-12,17,29-30,33,36H,7-9H2,2-3H3,(H2,26,34)(H,27,35)/t11-,12+,17+,25+/m1/s1. The molecule has 0 aliphatic heterocycles. The zero-order valence-electron chi connectivity index (χ0n) is 19.9. The van der Waals surface area contributed by atoms with Crippen LogP contribution in [-0.2, 0) is 25.5 Å². The molecule has 194 valence electrons. The highest BCUT2D eigenvalue weighted by molar-refractivity contribution is 6.24. The number of hydrogen-bond donors (Lipinski definition) is 6. The second-order valence-corrected chi connectivity index (χ2v) is 9.36. The maximum Gasteiger partial charge on any atom is 0.412 e. The number of amides is 2. The van der Waals surface area contributed by atoms with Gasteiger partial charge in [-0.15, -0.1) is 6.42 Å². The number of ketones is 2. The van der Waals surface area contributed by atoms with Crippen molar-refractivity contribution in [3.05, 3.63) is 40.2 Å². The van der Waals surface area contributed by atoms with E-state index in [0.717, 1.165) is 0 Å². The third kappa shape index (κ3) is 3.71. The maximum atomic E-state index is 13.7. The van der Waals surface area contributed by atoms with E-state index in [1.54, 1.807) is 0 Å². The predicted octanol–water partition coefficient (Wildman–Crippen LogP) is 0.146. The van der Waals surface area contributed by atoms with Crippen LogP contribution >= 0.6 is 0 Å². The van der Waals surface area contributed by atoms with Crippen molar-refractivity contribution in [2.45, 2.75) is 24.5 Å². The molecule has 0 aromatic heterocycles. The van der Waals surface area contributed by atoms with Crippen LogP contribution < -0.4 is 11.1 Å².